The van der Waals surface area contributed by atoms with Crippen molar-refractivity contribution in [2.24, 2.45) is 0 Å². The highest BCUT2D eigenvalue weighted by Crippen LogP contribution is 2.38. The lowest BCUT2D eigenvalue weighted by atomic mass is 10.2. The van der Waals surface area contributed by atoms with E-state index in [4.69, 9.17) is 14.6 Å². The molecule has 7 heteroatoms. The molecule has 0 aromatic carbocycles. The van der Waals surface area contributed by atoms with Crippen LogP contribution in [-0.2, 0) is 19.1 Å². The highest BCUT2D eigenvalue weighted by atomic mass is 16.7. The topological polar surface area (TPSA) is 96.9 Å². The summed E-state index contributed by atoms with van der Waals surface area (Å²) < 4.78 is 11.5. The standard InChI is InChI=1S/C13H22N2O5/c16-7-3-6-14-11(17)12(18)15-8-10-9-19-13(20-10)4-1-2-5-13/h10,16H,1-9H2,(H,14,17)(H,15,18)/t10-/m0/s1. The van der Waals surface area contributed by atoms with Gasteiger partial charge in [0.15, 0.2) is 5.79 Å². The van der Waals surface area contributed by atoms with Gasteiger partial charge in [0.1, 0.15) is 6.10 Å². The number of nitrogens with one attached hydrogen (secondary N) is 2. The van der Waals surface area contributed by atoms with Gasteiger partial charge in [-0.05, 0) is 19.3 Å². The molecule has 20 heavy (non-hydrogen) atoms. The molecule has 1 aliphatic carbocycles. The highest BCUT2D eigenvalue weighted by Gasteiger charge is 2.43. The summed E-state index contributed by atoms with van der Waals surface area (Å²) >= 11 is 0. The average molecular weight is 286 g/mol. The lowest BCUT2D eigenvalue weighted by Crippen LogP contribution is -2.43. The molecular formula is C13H22N2O5. The fourth-order valence-electron chi connectivity index (χ4n) is 2.54. The molecule has 0 radical (unpaired) electrons. The lowest BCUT2D eigenvalue weighted by molar-refractivity contribution is -0.161. The molecule has 2 fully saturated rings. The van der Waals surface area contributed by atoms with Gasteiger partial charge in [-0.2, -0.15) is 0 Å². The van der Waals surface area contributed by atoms with Gasteiger partial charge >= 0.3 is 11.8 Å². The Morgan fingerprint density at radius 3 is 2.60 bits per heavy atom. The quantitative estimate of drug-likeness (QED) is 0.458. The predicted octanol–water partition coefficient (Wildman–Crippen LogP) is -0.713. The Balaban J connectivity index is 1.65. The Bertz CT molecular complexity index is 355. The van der Waals surface area contributed by atoms with E-state index in [0.29, 0.717) is 13.0 Å². The third-order valence-electron chi connectivity index (χ3n) is 3.60. The Labute approximate surface area is 118 Å². The summed E-state index contributed by atoms with van der Waals surface area (Å²) in [5.41, 5.74) is 0. The molecule has 0 unspecified atom stereocenters. The van der Waals surface area contributed by atoms with Gasteiger partial charge in [-0.15, -0.1) is 0 Å². The minimum absolute atomic E-state index is 0.0166. The summed E-state index contributed by atoms with van der Waals surface area (Å²) in [5, 5.41) is 13.5. The first-order valence-electron chi connectivity index (χ1n) is 7.14. The second-order valence-corrected chi connectivity index (χ2v) is 5.21. The van der Waals surface area contributed by atoms with Gasteiger partial charge in [0, 0.05) is 32.5 Å². The summed E-state index contributed by atoms with van der Waals surface area (Å²) in [5.74, 6) is -1.81. The van der Waals surface area contributed by atoms with Gasteiger partial charge in [0.25, 0.3) is 0 Å². The number of amides is 2. The first kappa shape index (κ1) is 15.2. The van der Waals surface area contributed by atoms with E-state index in [0.717, 1.165) is 25.7 Å². The van der Waals surface area contributed by atoms with Crippen LogP contribution in [0, 0.1) is 0 Å². The van der Waals surface area contributed by atoms with Gasteiger partial charge in [-0.25, -0.2) is 0 Å². The lowest BCUT2D eigenvalue weighted by Gasteiger charge is -2.21. The molecule has 1 aliphatic heterocycles. The van der Waals surface area contributed by atoms with E-state index in [9.17, 15) is 9.59 Å². The summed E-state index contributed by atoms with van der Waals surface area (Å²) in [7, 11) is 0. The molecule has 1 saturated heterocycles. The molecule has 2 amide bonds. The Hall–Kier alpha value is -1.18. The zero-order chi connectivity index (χ0) is 14.4. The van der Waals surface area contributed by atoms with E-state index in [1.165, 1.54) is 0 Å². The zero-order valence-electron chi connectivity index (χ0n) is 11.5. The Morgan fingerprint density at radius 2 is 1.90 bits per heavy atom. The molecule has 0 aromatic heterocycles. The zero-order valence-corrected chi connectivity index (χ0v) is 11.5. The molecule has 0 bridgehead atoms. The average Bonchev–Trinajstić information content (AvgIpc) is 3.07. The maximum absolute atomic E-state index is 11.5. The SMILES string of the molecule is O=C(NCCCO)C(=O)NC[C@H]1COC2(CCCC2)O1. The number of hydrogen-bond donors (Lipinski definition) is 3. The van der Waals surface area contributed by atoms with Crippen LogP contribution in [-0.4, -0.2) is 55.1 Å². The van der Waals surface area contributed by atoms with Gasteiger partial charge in [-0.1, -0.05) is 0 Å². The predicted molar refractivity (Wildman–Crippen MR) is 69.7 cm³/mol. The molecule has 2 rings (SSSR count). The first-order valence-corrected chi connectivity index (χ1v) is 7.14. The maximum Gasteiger partial charge on any atom is 0.309 e. The minimum atomic E-state index is -0.687. The van der Waals surface area contributed by atoms with Crippen molar-refractivity contribution in [3.63, 3.8) is 0 Å². The van der Waals surface area contributed by atoms with Crippen molar-refractivity contribution >= 4 is 11.8 Å². The third kappa shape index (κ3) is 3.91. The van der Waals surface area contributed by atoms with Crippen LogP contribution in [0.15, 0.2) is 0 Å². The number of carbonyl (C=O) groups excluding carboxylic acids is 2. The molecule has 1 saturated carbocycles. The van der Waals surface area contributed by atoms with Crippen molar-refractivity contribution in [2.45, 2.75) is 44.0 Å². The smallest absolute Gasteiger partial charge is 0.309 e. The van der Waals surface area contributed by atoms with Crippen molar-refractivity contribution in [2.75, 3.05) is 26.3 Å². The van der Waals surface area contributed by atoms with Crippen LogP contribution >= 0.6 is 0 Å². The number of hydrogen-bond acceptors (Lipinski definition) is 5. The van der Waals surface area contributed by atoms with Crippen LogP contribution in [0.2, 0.25) is 0 Å². The van der Waals surface area contributed by atoms with Crippen molar-refractivity contribution < 1.29 is 24.2 Å². The molecular weight excluding hydrogens is 264 g/mol. The molecule has 1 atom stereocenters. The van der Waals surface area contributed by atoms with Crippen molar-refractivity contribution in [3.05, 3.63) is 0 Å². The number of aliphatic hydroxyl groups excluding tert-OH is 1. The summed E-state index contributed by atoms with van der Waals surface area (Å²) in [6, 6.07) is 0. The van der Waals surface area contributed by atoms with Crippen molar-refractivity contribution in [1.82, 2.24) is 10.6 Å². The molecule has 3 N–H and O–H groups in total. The number of aliphatic hydroxyl groups is 1. The summed E-state index contributed by atoms with van der Waals surface area (Å²) in [4.78, 5) is 22.9. The normalized spacial score (nSPS) is 23.9. The molecule has 2 aliphatic rings. The number of carbonyl (C=O) groups is 2. The number of ether oxygens (including phenoxy) is 2. The van der Waals surface area contributed by atoms with Crippen LogP contribution in [0.5, 0.6) is 0 Å². The molecule has 1 spiro atoms. The van der Waals surface area contributed by atoms with Crippen molar-refractivity contribution in [3.8, 4) is 0 Å². The van der Waals surface area contributed by atoms with Crippen LogP contribution in [0.4, 0.5) is 0 Å². The fraction of sp³-hybridized carbons (Fsp3) is 0.846. The third-order valence-corrected chi connectivity index (χ3v) is 3.60. The van der Waals surface area contributed by atoms with E-state index < -0.39 is 17.6 Å². The highest BCUT2D eigenvalue weighted by molar-refractivity contribution is 6.35. The minimum Gasteiger partial charge on any atom is -0.396 e. The van der Waals surface area contributed by atoms with E-state index in [1.807, 2.05) is 0 Å². The van der Waals surface area contributed by atoms with E-state index in [1.54, 1.807) is 0 Å². The van der Waals surface area contributed by atoms with Crippen LogP contribution in [0.3, 0.4) is 0 Å². The summed E-state index contributed by atoms with van der Waals surface area (Å²) in [6.07, 6.45) is 4.25. The van der Waals surface area contributed by atoms with Crippen molar-refractivity contribution in [1.29, 1.82) is 0 Å². The second kappa shape index (κ2) is 7.01. The first-order chi connectivity index (χ1) is 9.65. The van der Waals surface area contributed by atoms with Gasteiger partial charge in [0.2, 0.25) is 0 Å². The van der Waals surface area contributed by atoms with Crippen LogP contribution < -0.4 is 10.6 Å². The second-order valence-electron chi connectivity index (χ2n) is 5.21. The fourth-order valence-corrected chi connectivity index (χ4v) is 2.54. The van der Waals surface area contributed by atoms with Gasteiger partial charge in [0.05, 0.1) is 6.61 Å². The van der Waals surface area contributed by atoms with Crippen LogP contribution in [0.25, 0.3) is 0 Å². The van der Waals surface area contributed by atoms with Gasteiger partial charge in [-0.3, -0.25) is 9.59 Å². The number of rotatable bonds is 5. The maximum atomic E-state index is 11.5. The molecule has 114 valence electrons. The van der Waals surface area contributed by atoms with E-state index in [2.05, 4.69) is 10.6 Å². The summed E-state index contributed by atoms with van der Waals surface area (Å²) in [6.45, 7) is 0.993. The van der Waals surface area contributed by atoms with E-state index >= 15 is 0 Å². The molecule has 7 nitrogen and oxygen atoms in total. The van der Waals surface area contributed by atoms with E-state index in [-0.39, 0.29) is 25.8 Å². The Kier molecular flexibility index (Phi) is 5.33. The Morgan fingerprint density at radius 1 is 1.20 bits per heavy atom. The molecule has 0 aromatic rings. The largest absolute Gasteiger partial charge is 0.396 e. The van der Waals surface area contributed by atoms with Crippen LogP contribution in [0.1, 0.15) is 32.1 Å². The monoisotopic (exact) mass is 286 g/mol. The molecule has 1 heterocycles. The van der Waals surface area contributed by atoms with Gasteiger partial charge < -0.3 is 25.2 Å².